The van der Waals surface area contributed by atoms with Crippen LogP contribution < -0.4 is 5.32 Å². The molecule has 1 fully saturated rings. The maximum Gasteiger partial charge on any atom is 0.325 e. The zero-order chi connectivity index (χ0) is 17.6. The van der Waals surface area contributed by atoms with Gasteiger partial charge in [-0.3, -0.25) is 14.5 Å². The van der Waals surface area contributed by atoms with E-state index in [4.69, 9.17) is 0 Å². The number of imide groups is 1. The van der Waals surface area contributed by atoms with E-state index in [-0.39, 0.29) is 11.3 Å². The van der Waals surface area contributed by atoms with Gasteiger partial charge in [-0.1, -0.05) is 20.8 Å². The number of nitrogens with one attached hydrogen (secondary N) is 1. The number of Topliss-reactive ketones (excluding diaryl/α,β-unsaturated/α-hetero) is 1. The zero-order valence-electron chi connectivity index (χ0n) is 13.4. The minimum Gasteiger partial charge on any atom is -0.319 e. The van der Waals surface area contributed by atoms with Crippen LogP contribution in [0, 0.1) is 17.0 Å². The van der Waals surface area contributed by atoms with Crippen molar-refractivity contribution in [3.8, 4) is 0 Å². The Morgan fingerprint density at radius 2 is 1.87 bits per heavy atom. The van der Waals surface area contributed by atoms with Crippen molar-refractivity contribution in [2.24, 2.45) is 5.41 Å². The average Bonchev–Trinajstić information content (AvgIpc) is 2.65. The second-order valence-corrected chi connectivity index (χ2v) is 6.74. The van der Waals surface area contributed by atoms with Crippen LogP contribution in [0.25, 0.3) is 0 Å². The van der Waals surface area contributed by atoms with Crippen LogP contribution in [0.2, 0.25) is 0 Å². The van der Waals surface area contributed by atoms with Crippen molar-refractivity contribution in [1.82, 2.24) is 10.2 Å². The molecule has 0 aromatic heterocycles. The molecule has 0 spiro atoms. The van der Waals surface area contributed by atoms with Crippen LogP contribution in [0.4, 0.5) is 13.6 Å². The highest BCUT2D eigenvalue weighted by Gasteiger charge is 2.51. The maximum atomic E-state index is 14.0. The summed E-state index contributed by atoms with van der Waals surface area (Å²) >= 11 is 0. The number of carbonyl (C=O) groups is 3. The number of ketones is 1. The van der Waals surface area contributed by atoms with E-state index in [0.29, 0.717) is 0 Å². The van der Waals surface area contributed by atoms with E-state index < -0.39 is 41.1 Å². The summed E-state index contributed by atoms with van der Waals surface area (Å²) in [6.45, 7) is 5.87. The number of nitrogens with zero attached hydrogens (tertiary/aromatic N) is 1. The number of halogens is 2. The number of amides is 3. The molecular formula is C16H18F2N2O3. The van der Waals surface area contributed by atoms with E-state index >= 15 is 0 Å². The lowest BCUT2D eigenvalue weighted by Gasteiger charge is -2.24. The van der Waals surface area contributed by atoms with E-state index in [1.54, 1.807) is 20.8 Å². The third-order valence-electron chi connectivity index (χ3n) is 3.88. The number of hydrogen-bond donors (Lipinski definition) is 1. The molecule has 1 aromatic rings. The molecule has 1 atom stereocenters. The Balaban J connectivity index is 2.37. The van der Waals surface area contributed by atoms with Gasteiger partial charge in [0.05, 0.1) is 6.54 Å². The molecule has 1 saturated heterocycles. The van der Waals surface area contributed by atoms with Crippen molar-refractivity contribution in [3.05, 3.63) is 35.4 Å². The zero-order valence-corrected chi connectivity index (χ0v) is 13.4. The van der Waals surface area contributed by atoms with Crippen molar-refractivity contribution in [2.45, 2.75) is 33.2 Å². The molecule has 1 aliphatic heterocycles. The Labute approximate surface area is 132 Å². The molecular weight excluding hydrogens is 306 g/mol. The minimum atomic E-state index is -1.75. The standard InChI is InChI=1S/C16H18F2N2O3/c1-15(2,3)12(21)8-20-13(22)16(4,19-14(20)23)10-7-9(17)5-6-11(10)18/h5-7H,8H2,1-4H3,(H,19,23)/t16-/m1/s1. The van der Waals surface area contributed by atoms with Crippen LogP contribution in [0.5, 0.6) is 0 Å². The summed E-state index contributed by atoms with van der Waals surface area (Å²) in [5.41, 5.74) is -2.76. The molecule has 23 heavy (non-hydrogen) atoms. The summed E-state index contributed by atoms with van der Waals surface area (Å²) < 4.78 is 27.4. The molecule has 2 rings (SSSR count). The summed E-state index contributed by atoms with van der Waals surface area (Å²) in [5.74, 6) is -2.64. The molecule has 5 nitrogen and oxygen atoms in total. The summed E-state index contributed by atoms with van der Waals surface area (Å²) in [7, 11) is 0. The van der Waals surface area contributed by atoms with Crippen molar-refractivity contribution in [3.63, 3.8) is 0 Å². The number of benzene rings is 1. The van der Waals surface area contributed by atoms with Gasteiger partial charge in [-0.2, -0.15) is 0 Å². The van der Waals surface area contributed by atoms with Gasteiger partial charge in [-0.25, -0.2) is 13.6 Å². The molecule has 1 aromatic carbocycles. The van der Waals surface area contributed by atoms with E-state index in [1.165, 1.54) is 6.92 Å². The van der Waals surface area contributed by atoms with E-state index in [0.717, 1.165) is 23.1 Å². The molecule has 7 heteroatoms. The highest BCUT2D eigenvalue weighted by molar-refractivity contribution is 6.09. The smallest absolute Gasteiger partial charge is 0.319 e. The highest BCUT2D eigenvalue weighted by atomic mass is 19.1. The second kappa shape index (κ2) is 5.40. The van der Waals surface area contributed by atoms with E-state index in [1.807, 2.05) is 0 Å². The quantitative estimate of drug-likeness (QED) is 0.868. The number of urea groups is 1. The maximum absolute atomic E-state index is 14.0. The summed E-state index contributed by atoms with van der Waals surface area (Å²) in [6, 6.07) is 1.87. The van der Waals surface area contributed by atoms with Crippen molar-refractivity contribution in [1.29, 1.82) is 0 Å². The summed E-state index contributed by atoms with van der Waals surface area (Å²) in [5, 5.41) is 2.35. The van der Waals surface area contributed by atoms with E-state index in [2.05, 4.69) is 5.32 Å². The number of carbonyl (C=O) groups excluding carboxylic acids is 3. The first-order valence-corrected chi connectivity index (χ1v) is 7.10. The van der Waals surface area contributed by atoms with Gasteiger partial charge in [0.2, 0.25) is 0 Å². The first kappa shape index (κ1) is 17.1. The molecule has 0 saturated carbocycles. The van der Waals surface area contributed by atoms with Crippen LogP contribution in [0.1, 0.15) is 33.3 Å². The number of hydrogen-bond acceptors (Lipinski definition) is 3. The van der Waals surface area contributed by atoms with Gasteiger partial charge in [-0.15, -0.1) is 0 Å². The number of rotatable bonds is 3. The van der Waals surface area contributed by atoms with Gasteiger partial charge in [0, 0.05) is 11.0 Å². The summed E-state index contributed by atoms with van der Waals surface area (Å²) in [6.07, 6.45) is 0. The molecule has 0 radical (unpaired) electrons. The van der Waals surface area contributed by atoms with Crippen LogP contribution in [-0.4, -0.2) is 29.2 Å². The van der Waals surface area contributed by atoms with Crippen LogP contribution in [0.15, 0.2) is 18.2 Å². The van der Waals surface area contributed by atoms with Gasteiger partial charge < -0.3 is 5.32 Å². The largest absolute Gasteiger partial charge is 0.325 e. The Morgan fingerprint density at radius 3 is 2.43 bits per heavy atom. The fourth-order valence-electron chi connectivity index (χ4n) is 2.28. The van der Waals surface area contributed by atoms with E-state index in [9.17, 15) is 23.2 Å². The van der Waals surface area contributed by atoms with Gasteiger partial charge in [-0.05, 0) is 25.1 Å². The van der Waals surface area contributed by atoms with Gasteiger partial charge in [0.25, 0.3) is 5.91 Å². The lowest BCUT2D eigenvalue weighted by molar-refractivity contribution is -0.136. The summed E-state index contributed by atoms with van der Waals surface area (Å²) in [4.78, 5) is 37.4. The third kappa shape index (κ3) is 2.95. The predicted octanol–water partition coefficient (Wildman–Crippen LogP) is 2.35. The Morgan fingerprint density at radius 1 is 1.26 bits per heavy atom. The molecule has 3 amide bonds. The lowest BCUT2D eigenvalue weighted by atomic mass is 9.89. The fourth-order valence-corrected chi connectivity index (χ4v) is 2.28. The molecule has 1 aliphatic rings. The van der Waals surface area contributed by atoms with Crippen molar-refractivity contribution < 1.29 is 23.2 Å². The first-order chi connectivity index (χ1) is 10.5. The lowest BCUT2D eigenvalue weighted by Crippen LogP contribution is -2.43. The fraction of sp³-hybridized carbons (Fsp3) is 0.438. The topological polar surface area (TPSA) is 66.5 Å². The average molecular weight is 324 g/mol. The molecule has 0 aliphatic carbocycles. The second-order valence-electron chi connectivity index (χ2n) is 6.74. The van der Waals surface area contributed by atoms with Gasteiger partial charge in [0.1, 0.15) is 17.2 Å². The normalized spacial score (nSPS) is 21.6. The Kier molecular flexibility index (Phi) is 4.00. The first-order valence-electron chi connectivity index (χ1n) is 7.10. The Bertz CT molecular complexity index is 697. The monoisotopic (exact) mass is 324 g/mol. The molecule has 1 heterocycles. The predicted molar refractivity (Wildman–Crippen MR) is 78.4 cm³/mol. The van der Waals surface area contributed by atoms with Gasteiger partial charge >= 0.3 is 6.03 Å². The Hall–Kier alpha value is -2.31. The molecule has 0 bridgehead atoms. The molecule has 0 unspecified atom stereocenters. The van der Waals surface area contributed by atoms with Crippen LogP contribution >= 0.6 is 0 Å². The highest BCUT2D eigenvalue weighted by Crippen LogP contribution is 2.31. The van der Waals surface area contributed by atoms with Crippen LogP contribution in [0.3, 0.4) is 0 Å². The SMILES string of the molecule is CC(C)(C)C(=O)CN1C(=O)N[C@](C)(c2cc(F)ccc2F)C1=O. The van der Waals surface area contributed by atoms with Gasteiger partial charge in [0.15, 0.2) is 5.78 Å². The van der Waals surface area contributed by atoms with Crippen molar-refractivity contribution >= 4 is 17.7 Å². The third-order valence-corrected chi connectivity index (χ3v) is 3.88. The molecule has 124 valence electrons. The van der Waals surface area contributed by atoms with Crippen molar-refractivity contribution in [2.75, 3.05) is 6.54 Å². The molecule has 1 N–H and O–H groups in total. The minimum absolute atomic E-state index is 0.276. The van der Waals surface area contributed by atoms with Crippen LogP contribution in [-0.2, 0) is 15.1 Å².